The first-order valence-corrected chi connectivity index (χ1v) is 7.57. The summed E-state index contributed by atoms with van der Waals surface area (Å²) in [7, 11) is 2.17. The SMILES string of the molecule is Cc1cc(N[C@@H]2CCCN(C)C2)nnc1-c1ccccc1. The van der Waals surface area contributed by atoms with E-state index < -0.39 is 0 Å². The molecule has 2 heterocycles. The predicted octanol–water partition coefficient (Wildman–Crippen LogP) is 2.96. The van der Waals surface area contributed by atoms with Crippen molar-refractivity contribution in [2.24, 2.45) is 0 Å². The van der Waals surface area contributed by atoms with Crippen LogP contribution >= 0.6 is 0 Å². The van der Waals surface area contributed by atoms with Gasteiger partial charge in [0.1, 0.15) is 5.82 Å². The van der Waals surface area contributed by atoms with E-state index in [0.29, 0.717) is 6.04 Å². The molecule has 1 fully saturated rings. The third-order valence-corrected chi connectivity index (χ3v) is 4.01. The Morgan fingerprint density at radius 3 is 2.71 bits per heavy atom. The Labute approximate surface area is 126 Å². The number of hydrogen-bond acceptors (Lipinski definition) is 4. The van der Waals surface area contributed by atoms with Gasteiger partial charge in [-0.05, 0) is 45.0 Å². The normalized spacial score (nSPS) is 19.4. The number of nitrogens with zero attached hydrogens (tertiary/aromatic N) is 3. The molecule has 2 aromatic rings. The molecule has 21 heavy (non-hydrogen) atoms. The molecule has 1 aliphatic rings. The van der Waals surface area contributed by atoms with Gasteiger partial charge in [-0.3, -0.25) is 0 Å². The van der Waals surface area contributed by atoms with E-state index in [1.165, 1.54) is 19.4 Å². The summed E-state index contributed by atoms with van der Waals surface area (Å²) in [6.07, 6.45) is 2.44. The molecule has 1 aliphatic heterocycles. The molecule has 1 aromatic carbocycles. The zero-order valence-corrected chi connectivity index (χ0v) is 12.7. The van der Waals surface area contributed by atoms with E-state index in [1.807, 2.05) is 18.2 Å². The standard InChI is InChI=1S/C17H22N4/c1-13-11-16(18-15-9-6-10-21(2)12-15)19-20-17(13)14-7-4-3-5-8-14/h3-5,7-8,11,15H,6,9-10,12H2,1-2H3,(H,18,19)/t15-/m1/s1. The molecule has 4 heteroatoms. The van der Waals surface area contributed by atoms with Crippen molar-refractivity contribution >= 4 is 5.82 Å². The van der Waals surface area contributed by atoms with Gasteiger partial charge >= 0.3 is 0 Å². The van der Waals surface area contributed by atoms with Crippen LogP contribution < -0.4 is 5.32 Å². The maximum absolute atomic E-state index is 4.41. The van der Waals surface area contributed by atoms with E-state index >= 15 is 0 Å². The Kier molecular flexibility index (Phi) is 4.15. The first kappa shape index (κ1) is 14.0. The monoisotopic (exact) mass is 282 g/mol. The van der Waals surface area contributed by atoms with Crippen molar-refractivity contribution in [2.45, 2.75) is 25.8 Å². The van der Waals surface area contributed by atoms with Gasteiger partial charge in [-0.25, -0.2) is 0 Å². The van der Waals surface area contributed by atoms with Crippen LogP contribution in [0.2, 0.25) is 0 Å². The van der Waals surface area contributed by atoms with Gasteiger partial charge in [0.05, 0.1) is 5.69 Å². The molecule has 0 aliphatic carbocycles. The lowest BCUT2D eigenvalue weighted by molar-refractivity contribution is 0.260. The number of likely N-dealkylation sites (tertiary alicyclic amines) is 1. The summed E-state index contributed by atoms with van der Waals surface area (Å²) in [6.45, 7) is 4.35. The van der Waals surface area contributed by atoms with E-state index in [0.717, 1.165) is 29.2 Å². The van der Waals surface area contributed by atoms with Gasteiger partial charge in [-0.2, -0.15) is 0 Å². The van der Waals surface area contributed by atoms with Crippen LogP contribution in [-0.2, 0) is 0 Å². The Balaban J connectivity index is 1.75. The van der Waals surface area contributed by atoms with Crippen molar-refractivity contribution in [1.82, 2.24) is 15.1 Å². The second kappa shape index (κ2) is 6.22. The summed E-state index contributed by atoms with van der Waals surface area (Å²) in [6, 6.07) is 12.8. The molecule has 0 amide bonds. The molecule has 0 bridgehead atoms. The van der Waals surface area contributed by atoms with Crippen molar-refractivity contribution in [2.75, 3.05) is 25.5 Å². The topological polar surface area (TPSA) is 41.0 Å². The maximum Gasteiger partial charge on any atom is 0.149 e. The third-order valence-electron chi connectivity index (χ3n) is 4.01. The van der Waals surface area contributed by atoms with Crippen LogP contribution in [0.1, 0.15) is 18.4 Å². The lowest BCUT2D eigenvalue weighted by Gasteiger charge is -2.30. The van der Waals surface area contributed by atoms with Crippen LogP contribution in [0.25, 0.3) is 11.3 Å². The summed E-state index contributed by atoms with van der Waals surface area (Å²) in [4.78, 5) is 2.36. The van der Waals surface area contributed by atoms with E-state index in [1.54, 1.807) is 0 Å². The largest absolute Gasteiger partial charge is 0.365 e. The summed E-state index contributed by atoms with van der Waals surface area (Å²) in [5.41, 5.74) is 3.23. The van der Waals surface area contributed by atoms with Crippen molar-refractivity contribution < 1.29 is 0 Å². The van der Waals surface area contributed by atoms with E-state index in [9.17, 15) is 0 Å². The zero-order valence-electron chi connectivity index (χ0n) is 12.7. The van der Waals surface area contributed by atoms with Gasteiger partial charge in [0, 0.05) is 18.2 Å². The molecular formula is C17H22N4. The van der Waals surface area contributed by atoms with Gasteiger partial charge in [0.25, 0.3) is 0 Å². The summed E-state index contributed by atoms with van der Waals surface area (Å²) in [5, 5.41) is 12.3. The lowest BCUT2D eigenvalue weighted by atomic mass is 10.1. The van der Waals surface area contributed by atoms with Crippen LogP contribution in [0.5, 0.6) is 0 Å². The molecule has 0 radical (unpaired) electrons. The summed E-state index contributed by atoms with van der Waals surface area (Å²) >= 11 is 0. The van der Waals surface area contributed by atoms with Crippen LogP contribution in [0.3, 0.4) is 0 Å². The first-order valence-electron chi connectivity index (χ1n) is 7.57. The average Bonchev–Trinajstić information content (AvgIpc) is 2.48. The number of hydrogen-bond donors (Lipinski definition) is 1. The summed E-state index contributed by atoms with van der Waals surface area (Å²) < 4.78 is 0. The number of aromatic nitrogens is 2. The second-order valence-electron chi connectivity index (χ2n) is 5.87. The highest BCUT2D eigenvalue weighted by molar-refractivity contribution is 5.63. The lowest BCUT2D eigenvalue weighted by Crippen LogP contribution is -2.39. The Bertz CT molecular complexity index is 597. The minimum absolute atomic E-state index is 0.472. The van der Waals surface area contributed by atoms with Crippen molar-refractivity contribution in [3.8, 4) is 11.3 Å². The predicted molar refractivity (Wildman–Crippen MR) is 86.3 cm³/mol. The van der Waals surface area contributed by atoms with Gasteiger partial charge in [-0.1, -0.05) is 30.3 Å². The first-order chi connectivity index (χ1) is 10.2. The van der Waals surface area contributed by atoms with Crippen LogP contribution in [0.15, 0.2) is 36.4 Å². The van der Waals surface area contributed by atoms with Gasteiger partial charge < -0.3 is 10.2 Å². The number of likely N-dealkylation sites (N-methyl/N-ethyl adjacent to an activating group) is 1. The zero-order chi connectivity index (χ0) is 14.7. The number of aryl methyl sites for hydroxylation is 1. The number of anilines is 1. The van der Waals surface area contributed by atoms with Crippen LogP contribution in [-0.4, -0.2) is 41.3 Å². The molecule has 0 saturated carbocycles. The third kappa shape index (κ3) is 3.39. The Hall–Kier alpha value is -1.94. The molecule has 1 saturated heterocycles. The highest BCUT2D eigenvalue weighted by Crippen LogP contribution is 2.22. The molecule has 4 nitrogen and oxygen atoms in total. The molecule has 0 spiro atoms. The fourth-order valence-corrected chi connectivity index (χ4v) is 2.93. The smallest absolute Gasteiger partial charge is 0.149 e. The van der Waals surface area contributed by atoms with E-state index in [2.05, 4.69) is 52.6 Å². The maximum atomic E-state index is 4.41. The number of rotatable bonds is 3. The van der Waals surface area contributed by atoms with E-state index in [4.69, 9.17) is 0 Å². The molecule has 3 rings (SSSR count). The molecule has 110 valence electrons. The average molecular weight is 282 g/mol. The Morgan fingerprint density at radius 2 is 2.00 bits per heavy atom. The van der Waals surface area contributed by atoms with E-state index in [-0.39, 0.29) is 0 Å². The molecule has 0 unspecified atom stereocenters. The summed E-state index contributed by atoms with van der Waals surface area (Å²) in [5.74, 6) is 0.882. The molecule has 1 aromatic heterocycles. The highest BCUT2D eigenvalue weighted by Gasteiger charge is 2.17. The number of nitrogens with one attached hydrogen (secondary N) is 1. The number of piperidine rings is 1. The molecule has 1 N–H and O–H groups in total. The van der Waals surface area contributed by atoms with Crippen molar-refractivity contribution in [3.63, 3.8) is 0 Å². The molecule has 1 atom stereocenters. The second-order valence-corrected chi connectivity index (χ2v) is 5.87. The molecular weight excluding hydrogens is 260 g/mol. The fourth-order valence-electron chi connectivity index (χ4n) is 2.93. The highest BCUT2D eigenvalue weighted by atomic mass is 15.2. The van der Waals surface area contributed by atoms with Crippen LogP contribution in [0.4, 0.5) is 5.82 Å². The Morgan fingerprint density at radius 1 is 1.19 bits per heavy atom. The van der Waals surface area contributed by atoms with Gasteiger partial charge in [-0.15, -0.1) is 10.2 Å². The van der Waals surface area contributed by atoms with Gasteiger partial charge in [0.15, 0.2) is 0 Å². The number of benzene rings is 1. The van der Waals surface area contributed by atoms with Crippen molar-refractivity contribution in [3.05, 3.63) is 42.0 Å². The quantitative estimate of drug-likeness (QED) is 0.939. The minimum Gasteiger partial charge on any atom is -0.365 e. The fraction of sp³-hybridized carbons (Fsp3) is 0.412. The van der Waals surface area contributed by atoms with Gasteiger partial charge in [0.2, 0.25) is 0 Å². The minimum atomic E-state index is 0.472. The van der Waals surface area contributed by atoms with Crippen LogP contribution in [0, 0.1) is 6.92 Å². The van der Waals surface area contributed by atoms with Crippen molar-refractivity contribution in [1.29, 1.82) is 0 Å².